The number of imidazole rings is 1. The minimum Gasteiger partial charge on any atom is -0.479 e. The highest BCUT2D eigenvalue weighted by Gasteiger charge is 2.47. The van der Waals surface area contributed by atoms with Crippen molar-refractivity contribution in [3.63, 3.8) is 0 Å². The van der Waals surface area contributed by atoms with Gasteiger partial charge in [0.15, 0.2) is 12.3 Å². The van der Waals surface area contributed by atoms with Gasteiger partial charge in [-0.25, -0.2) is 9.78 Å². The second-order valence-electron chi connectivity index (χ2n) is 6.05. The van der Waals surface area contributed by atoms with Crippen LogP contribution in [0.15, 0.2) is 30.5 Å². The fraction of sp³-hybridized carbons (Fsp3) is 0.312. The molecule has 0 radical (unpaired) electrons. The Kier molecular flexibility index (Phi) is 3.96. The van der Waals surface area contributed by atoms with Gasteiger partial charge in [-0.2, -0.15) is 0 Å². The molecule has 136 valence electrons. The number of rotatable bonds is 3. The van der Waals surface area contributed by atoms with Crippen molar-refractivity contribution in [2.45, 2.75) is 30.6 Å². The van der Waals surface area contributed by atoms with Crippen molar-refractivity contribution in [3.8, 4) is 0 Å². The number of anilines is 1. The van der Waals surface area contributed by atoms with Crippen molar-refractivity contribution in [1.82, 2.24) is 15.0 Å². The summed E-state index contributed by atoms with van der Waals surface area (Å²) in [7, 11) is 0. The summed E-state index contributed by atoms with van der Waals surface area (Å²) in [6.07, 6.45) is -6.26. The first kappa shape index (κ1) is 16.7. The van der Waals surface area contributed by atoms with E-state index in [1.807, 2.05) is 12.1 Å². The first-order valence-corrected chi connectivity index (χ1v) is 7.88. The van der Waals surface area contributed by atoms with Gasteiger partial charge in [-0.15, -0.1) is 0 Å². The van der Waals surface area contributed by atoms with E-state index < -0.39 is 36.6 Å². The summed E-state index contributed by atoms with van der Waals surface area (Å²) in [5, 5.41) is 42.3. The molecule has 10 heteroatoms. The van der Waals surface area contributed by atoms with Crippen molar-refractivity contribution in [2.24, 2.45) is 0 Å². The summed E-state index contributed by atoms with van der Waals surface area (Å²) in [6, 6.07) is 7.26. The van der Waals surface area contributed by atoms with Crippen LogP contribution in [0.25, 0.3) is 21.9 Å². The molecule has 1 aliphatic heterocycles. The van der Waals surface area contributed by atoms with E-state index in [4.69, 9.17) is 9.84 Å². The number of aliphatic hydroxyl groups is 3. The Morgan fingerprint density at radius 1 is 1.15 bits per heavy atom. The first-order chi connectivity index (χ1) is 12.5. The van der Waals surface area contributed by atoms with Gasteiger partial charge in [-0.1, -0.05) is 0 Å². The predicted octanol–water partition coefficient (Wildman–Crippen LogP) is -0.585. The zero-order chi connectivity index (χ0) is 18.4. The third-order valence-corrected chi connectivity index (χ3v) is 4.37. The minimum atomic E-state index is -1.74. The van der Waals surface area contributed by atoms with Crippen LogP contribution < -0.4 is 5.32 Å². The zero-order valence-corrected chi connectivity index (χ0v) is 13.3. The van der Waals surface area contributed by atoms with E-state index in [2.05, 4.69) is 20.3 Å². The van der Waals surface area contributed by atoms with Gasteiger partial charge in [0.1, 0.15) is 18.3 Å². The van der Waals surface area contributed by atoms with Crippen molar-refractivity contribution in [2.75, 3.05) is 5.32 Å². The number of aromatic amines is 1. The van der Waals surface area contributed by atoms with Crippen LogP contribution in [0.1, 0.15) is 0 Å². The molecule has 4 rings (SSSR count). The van der Waals surface area contributed by atoms with Gasteiger partial charge in [0, 0.05) is 11.6 Å². The number of hydrogen-bond acceptors (Lipinski definition) is 8. The summed E-state index contributed by atoms with van der Waals surface area (Å²) in [5.41, 5.74) is 2.10. The van der Waals surface area contributed by atoms with Crippen LogP contribution in [0.2, 0.25) is 0 Å². The Bertz CT molecular complexity index is 976. The standard InChI is InChI=1S/C16H16N4O6/c21-10-11(22)13(15(24)25)26-14(12(10)23)20-16-18-8-4-3-7-6(9(8)19-16)2-1-5-17-7/h1-5,10-14,21-23H,(H,24,25)(H2,18,19,20)/t10-,11-,12+,13-,14+/m0/s1. The average Bonchev–Trinajstić information content (AvgIpc) is 3.05. The van der Waals surface area contributed by atoms with E-state index in [0.717, 1.165) is 10.9 Å². The van der Waals surface area contributed by atoms with Crippen molar-refractivity contribution >= 4 is 33.9 Å². The molecule has 1 fully saturated rings. The number of fused-ring (bicyclic) bond motifs is 3. The van der Waals surface area contributed by atoms with Gasteiger partial charge in [-0.3, -0.25) is 4.98 Å². The van der Waals surface area contributed by atoms with Gasteiger partial charge in [0.05, 0.1) is 16.6 Å². The van der Waals surface area contributed by atoms with Gasteiger partial charge < -0.3 is 35.5 Å². The van der Waals surface area contributed by atoms with E-state index in [1.165, 1.54) is 0 Å². The first-order valence-electron chi connectivity index (χ1n) is 7.88. The quantitative estimate of drug-likeness (QED) is 0.359. The van der Waals surface area contributed by atoms with Crippen molar-refractivity contribution in [3.05, 3.63) is 30.5 Å². The molecular weight excluding hydrogens is 344 g/mol. The number of benzene rings is 1. The smallest absolute Gasteiger partial charge is 0.335 e. The topological polar surface area (TPSA) is 161 Å². The molecule has 0 unspecified atom stereocenters. The lowest BCUT2D eigenvalue weighted by atomic mass is 9.98. The molecule has 1 aromatic carbocycles. The molecule has 0 spiro atoms. The SMILES string of the molecule is O=C(O)[C@H]1O[C@@H](Nc2nc3c(ccc4ncccc43)[nH]2)[C@H](O)[C@@H](O)[C@@H]1O. The van der Waals surface area contributed by atoms with E-state index in [0.29, 0.717) is 11.0 Å². The second kappa shape index (κ2) is 6.18. The second-order valence-corrected chi connectivity index (χ2v) is 6.05. The number of carboxylic acid groups (broad SMARTS) is 1. The molecule has 6 N–H and O–H groups in total. The number of nitrogens with zero attached hydrogens (tertiary/aromatic N) is 2. The Morgan fingerprint density at radius 3 is 2.73 bits per heavy atom. The molecular formula is C16H16N4O6. The normalized spacial score (nSPS) is 29.1. The van der Waals surface area contributed by atoms with Crippen molar-refractivity contribution < 1.29 is 30.0 Å². The average molecular weight is 360 g/mol. The monoisotopic (exact) mass is 360 g/mol. The fourth-order valence-electron chi connectivity index (χ4n) is 3.03. The van der Waals surface area contributed by atoms with Gasteiger partial charge in [0.2, 0.25) is 5.95 Å². The molecule has 1 aliphatic rings. The van der Waals surface area contributed by atoms with Crippen LogP contribution in [0.3, 0.4) is 0 Å². The zero-order valence-electron chi connectivity index (χ0n) is 13.3. The number of aliphatic hydroxyl groups excluding tert-OH is 3. The maximum Gasteiger partial charge on any atom is 0.335 e. The lowest BCUT2D eigenvalue weighted by molar-refractivity contribution is -0.221. The molecule has 1 saturated heterocycles. The largest absolute Gasteiger partial charge is 0.479 e. The predicted molar refractivity (Wildman–Crippen MR) is 89.3 cm³/mol. The third kappa shape index (κ3) is 2.65. The van der Waals surface area contributed by atoms with Gasteiger partial charge in [0.25, 0.3) is 0 Å². The molecule has 5 atom stereocenters. The third-order valence-electron chi connectivity index (χ3n) is 4.37. The number of H-pyrrole nitrogens is 1. The van der Waals surface area contributed by atoms with Crippen LogP contribution >= 0.6 is 0 Å². The summed E-state index contributed by atoms with van der Waals surface area (Å²) in [5.74, 6) is -1.23. The van der Waals surface area contributed by atoms with E-state index >= 15 is 0 Å². The van der Waals surface area contributed by atoms with E-state index in [-0.39, 0.29) is 5.95 Å². The van der Waals surface area contributed by atoms with Crippen molar-refractivity contribution in [1.29, 1.82) is 0 Å². The minimum absolute atomic E-state index is 0.216. The Morgan fingerprint density at radius 2 is 1.96 bits per heavy atom. The highest BCUT2D eigenvalue weighted by atomic mass is 16.6. The molecule has 2 aromatic heterocycles. The molecule has 10 nitrogen and oxygen atoms in total. The lowest BCUT2D eigenvalue weighted by Gasteiger charge is -2.38. The van der Waals surface area contributed by atoms with Crippen LogP contribution in [0.5, 0.6) is 0 Å². The Labute approximate surface area is 146 Å². The number of nitrogens with one attached hydrogen (secondary N) is 2. The van der Waals surface area contributed by atoms with Gasteiger partial charge in [-0.05, 0) is 24.3 Å². The number of carbonyl (C=O) groups is 1. The van der Waals surface area contributed by atoms with E-state index in [9.17, 15) is 20.1 Å². The summed E-state index contributed by atoms with van der Waals surface area (Å²) in [6.45, 7) is 0. The highest BCUT2D eigenvalue weighted by Crippen LogP contribution is 2.26. The maximum atomic E-state index is 11.2. The highest BCUT2D eigenvalue weighted by molar-refractivity contribution is 6.03. The number of ether oxygens (including phenoxy) is 1. The van der Waals surface area contributed by atoms with Gasteiger partial charge >= 0.3 is 5.97 Å². The summed E-state index contributed by atoms with van der Waals surface area (Å²) < 4.78 is 5.19. The summed E-state index contributed by atoms with van der Waals surface area (Å²) >= 11 is 0. The number of hydrogen-bond donors (Lipinski definition) is 6. The van der Waals surface area contributed by atoms with E-state index in [1.54, 1.807) is 18.3 Å². The van der Waals surface area contributed by atoms with Crippen LogP contribution in [0.4, 0.5) is 5.95 Å². The molecule has 0 aliphatic carbocycles. The fourth-order valence-corrected chi connectivity index (χ4v) is 3.03. The van der Waals surface area contributed by atoms with Crippen LogP contribution in [0, 0.1) is 0 Å². The number of pyridine rings is 1. The summed E-state index contributed by atoms with van der Waals surface area (Å²) in [4.78, 5) is 22.8. The molecule has 0 amide bonds. The van der Waals surface area contributed by atoms with Crippen LogP contribution in [-0.4, -0.2) is 72.0 Å². The maximum absolute atomic E-state index is 11.2. The molecule has 0 bridgehead atoms. The number of carboxylic acids is 1. The van der Waals surface area contributed by atoms with Crippen LogP contribution in [-0.2, 0) is 9.53 Å². The molecule has 26 heavy (non-hydrogen) atoms. The Hall–Kier alpha value is -2.79. The molecule has 3 aromatic rings. The number of aliphatic carboxylic acids is 1. The molecule has 3 heterocycles. The Balaban J connectivity index is 1.66. The lowest BCUT2D eigenvalue weighted by Crippen LogP contribution is -2.61. The molecule has 0 saturated carbocycles. The number of aromatic nitrogens is 3.